The van der Waals surface area contributed by atoms with E-state index in [1.807, 2.05) is 0 Å². The molecule has 252 valence electrons. The third kappa shape index (κ3) is 5.55. The average molecular weight is 650 g/mol. The number of fused-ring (bicyclic) bond motifs is 6. The highest BCUT2D eigenvalue weighted by Crippen LogP contribution is 2.55. The summed E-state index contributed by atoms with van der Waals surface area (Å²) < 4.78 is 6.43. The maximum absolute atomic E-state index is 6.43. The maximum Gasteiger partial charge on any atom is 0.128 e. The molecule has 1 aromatic rings. The van der Waals surface area contributed by atoms with E-state index in [4.69, 9.17) is 4.74 Å². The summed E-state index contributed by atoms with van der Waals surface area (Å²) in [5, 5.41) is 12.2. The molecule has 4 heteroatoms. The van der Waals surface area contributed by atoms with Crippen molar-refractivity contribution in [1.82, 2.24) is 16.0 Å². The van der Waals surface area contributed by atoms with E-state index in [1.54, 1.807) is 22.3 Å². The van der Waals surface area contributed by atoms with Gasteiger partial charge in [0, 0.05) is 17.4 Å². The second-order valence-corrected chi connectivity index (χ2v) is 16.2. The lowest BCUT2D eigenvalue weighted by molar-refractivity contribution is 0.107. The quantitative estimate of drug-likeness (QED) is 0.285. The largest absolute Gasteiger partial charge is 0.485 e. The van der Waals surface area contributed by atoms with Crippen LogP contribution in [0.1, 0.15) is 75.7 Å². The van der Waals surface area contributed by atoms with Crippen LogP contribution in [0, 0.1) is 35.5 Å². The topological polar surface area (TPSA) is 45.3 Å². The Hall–Kier alpha value is -3.44. The van der Waals surface area contributed by atoms with Gasteiger partial charge in [-0.2, -0.15) is 0 Å². The van der Waals surface area contributed by atoms with Crippen molar-refractivity contribution in [2.24, 2.45) is 35.5 Å². The van der Waals surface area contributed by atoms with Crippen LogP contribution >= 0.6 is 0 Å². The Labute approximate surface area is 292 Å². The lowest BCUT2D eigenvalue weighted by Gasteiger charge is -2.47. The van der Waals surface area contributed by atoms with Crippen molar-refractivity contribution in [2.45, 2.75) is 94.7 Å². The zero-order valence-electron chi connectivity index (χ0n) is 28.6. The van der Waals surface area contributed by atoms with Gasteiger partial charge in [-0.25, -0.2) is 0 Å². The van der Waals surface area contributed by atoms with Gasteiger partial charge in [-0.1, -0.05) is 91.1 Å². The van der Waals surface area contributed by atoms with Gasteiger partial charge in [0.05, 0.1) is 24.4 Å². The second-order valence-electron chi connectivity index (χ2n) is 16.2. The van der Waals surface area contributed by atoms with Crippen LogP contribution in [0.15, 0.2) is 131 Å². The number of para-hydroxylation sites is 1. The minimum Gasteiger partial charge on any atom is -0.485 e. The van der Waals surface area contributed by atoms with E-state index in [0.717, 1.165) is 18.6 Å². The predicted molar refractivity (Wildman–Crippen MR) is 198 cm³/mol. The van der Waals surface area contributed by atoms with E-state index < -0.39 is 0 Å². The van der Waals surface area contributed by atoms with Gasteiger partial charge < -0.3 is 4.74 Å². The Bertz CT molecular complexity index is 1770. The van der Waals surface area contributed by atoms with Crippen LogP contribution < -0.4 is 20.7 Å². The Kier molecular flexibility index (Phi) is 7.88. The van der Waals surface area contributed by atoms with Gasteiger partial charge in [0.1, 0.15) is 11.9 Å². The molecule has 4 nitrogen and oxygen atoms in total. The number of benzene rings is 1. The van der Waals surface area contributed by atoms with Crippen LogP contribution in [0.4, 0.5) is 0 Å². The van der Waals surface area contributed by atoms with Crippen LogP contribution in [0.2, 0.25) is 0 Å². The summed E-state index contributed by atoms with van der Waals surface area (Å²) in [4.78, 5) is 0. The molecule has 2 aliphatic heterocycles. The van der Waals surface area contributed by atoms with Crippen LogP contribution in [0.3, 0.4) is 0 Å². The molecule has 9 aliphatic rings. The summed E-state index contributed by atoms with van der Waals surface area (Å²) in [5.41, 5.74) is 9.17. The van der Waals surface area contributed by atoms with Crippen LogP contribution in [0.5, 0.6) is 5.75 Å². The van der Waals surface area contributed by atoms with Gasteiger partial charge in [0.2, 0.25) is 0 Å². The van der Waals surface area contributed by atoms with Crippen molar-refractivity contribution in [3.8, 4) is 5.75 Å². The van der Waals surface area contributed by atoms with Gasteiger partial charge in [-0.05, 0) is 128 Å². The Morgan fingerprint density at radius 2 is 1.53 bits per heavy atom. The third-order valence-electron chi connectivity index (χ3n) is 13.5. The number of allylic oxidation sites excluding steroid dienone is 14. The Balaban J connectivity index is 0.826. The molecule has 2 heterocycles. The maximum atomic E-state index is 6.43. The summed E-state index contributed by atoms with van der Waals surface area (Å²) in [7, 11) is 0. The zero-order valence-corrected chi connectivity index (χ0v) is 28.6. The third-order valence-corrected chi connectivity index (χ3v) is 13.5. The van der Waals surface area contributed by atoms with E-state index in [0.29, 0.717) is 47.6 Å². The molecular weight excluding hydrogens is 599 g/mol. The molecule has 10 rings (SSSR count). The van der Waals surface area contributed by atoms with E-state index >= 15 is 0 Å². The highest BCUT2D eigenvalue weighted by atomic mass is 16.5. The number of nitrogens with one attached hydrogen (secondary N) is 3. The highest BCUT2D eigenvalue weighted by Gasteiger charge is 2.45. The SMILES string of the molecule is C1=CC2=C(C=CC(C3NC(C4C=CC(C5CCC6C7=C(C=CC6C5)C=CC5Oc6ccccc6C75)=CC4)NC(C4CC=CCC4)N3)C2)CC1. The molecule has 0 radical (unpaired) electrons. The van der Waals surface area contributed by atoms with E-state index in [2.05, 4.69) is 119 Å². The van der Waals surface area contributed by atoms with E-state index in [-0.39, 0.29) is 18.4 Å². The molecule has 0 spiro atoms. The van der Waals surface area contributed by atoms with Crippen molar-refractivity contribution in [1.29, 1.82) is 0 Å². The first-order chi connectivity index (χ1) is 24.2. The van der Waals surface area contributed by atoms with Crippen LogP contribution in [-0.4, -0.2) is 24.6 Å². The summed E-state index contributed by atoms with van der Waals surface area (Å²) >= 11 is 0. The van der Waals surface area contributed by atoms with Gasteiger partial charge in [-0.3, -0.25) is 16.0 Å². The minimum atomic E-state index is 0.153. The number of rotatable bonds is 4. The van der Waals surface area contributed by atoms with Crippen LogP contribution in [-0.2, 0) is 0 Å². The fourth-order valence-corrected chi connectivity index (χ4v) is 10.9. The van der Waals surface area contributed by atoms with Crippen LogP contribution in [0.25, 0.3) is 0 Å². The van der Waals surface area contributed by atoms with Gasteiger partial charge >= 0.3 is 0 Å². The van der Waals surface area contributed by atoms with Gasteiger partial charge in [-0.15, -0.1) is 0 Å². The lowest BCUT2D eigenvalue weighted by atomic mass is 9.61. The van der Waals surface area contributed by atoms with E-state index in [9.17, 15) is 0 Å². The fraction of sp³-hybridized carbons (Fsp3) is 0.467. The van der Waals surface area contributed by atoms with Crippen molar-refractivity contribution in [3.63, 3.8) is 0 Å². The molecule has 11 atom stereocenters. The van der Waals surface area contributed by atoms with Gasteiger partial charge in [0.15, 0.2) is 0 Å². The number of hydrogen-bond acceptors (Lipinski definition) is 4. The van der Waals surface area contributed by atoms with Crippen molar-refractivity contribution >= 4 is 0 Å². The Morgan fingerprint density at radius 1 is 0.673 bits per heavy atom. The molecule has 1 saturated heterocycles. The molecule has 2 fully saturated rings. The lowest BCUT2D eigenvalue weighted by Crippen LogP contribution is -2.72. The zero-order chi connectivity index (χ0) is 32.3. The summed E-state index contributed by atoms with van der Waals surface area (Å²) in [6, 6.07) is 8.74. The van der Waals surface area contributed by atoms with Gasteiger partial charge in [0.25, 0.3) is 0 Å². The summed E-state index contributed by atoms with van der Waals surface area (Å²) in [6.45, 7) is 0. The fourth-order valence-electron chi connectivity index (χ4n) is 10.9. The summed E-state index contributed by atoms with van der Waals surface area (Å²) in [5.74, 6) is 4.91. The second kappa shape index (κ2) is 12.7. The molecular formula is C45H51N3O. The van der Waals surface area contributed by atoms with Crippen molar-refractivity contribution in [2.75, 3.05) is 0 Å². The highest BCUT2D eigenvalue weighted by molar-refractivity contribution is 5.56. The molecule has 49 heavy (non-hydrogen) atoms. The average Bonchev–Trinajstić information content (AvgIpc) is 3.56. The first-order valence-electron chi connectivity index (χ1n) is 19.5. The van der Waals surface area contributed by atoms with Crippen molar-refractivity contribution < 1.29 is 4.74 Å². The minimum absolute atomic E-state index is 0.153. The molecule has 3 N–H and O–H groups in total. The predicted octanol–water partition coefficient (Wildman–Crippen LogP) is 8.84. The first kappa shape index (κ1) is 30.4. The number of ether oxygens (including phenoxy) is 1. The normalized spacial score (nSPS) is 40.2. The summed E-state index contributed by atoms with van der Waals surface area (Å²) in [6.07, 6.45) is 44.8. The Morgan fingerprint density at radius 3 is 2.43 bits per heavy atom. The monoisotopic (exact) mass is 649 g/mol. The van der Waals surface area contributed by atoms with E-state index in [1.165, 1.54) is 62.5 Å². The molecule has 11 unspecified atom stereocenters. The molecule has 0 bridgehead atoms. The molecule has 7 aliphatic carbocycles. The number of hydrogen-bond donors (Lipinski definition) is 3. The molecule has 1 saturated carbocycles. The molecule has 0 amide bonds. The smallest absolute Gasteiger partial charge is 0.128 e. The first-order valence-corrected chi connectivity index (χ1v) is 19.5. The van der Waals surface area contributed by atoms with Crippen molar-refractivity contribution in [3.05, 3.63) is 137 Å². The molecule has 0 aromatic heterocycles. The molecule has 1 aromatic carbocycles. The standard InChI is InChI=1S/C45H51N3O/c1-2-9-31(10-3-1)43-46-44(48-45(47-43)36-21-16-28-8-4-5-11-33(28)27-36)32-18-14-29(15-19-32)34-22-24-37-35(26-34)20-17-30-23-25-40-42(41(30)37)38-12-6-7-13-39(38)49-40/h1-2,5-7,11-18,20-21,23,25,31-32,34-37,40,42-48H,3-4,8-10,19,22,24,26-27H2.